The number of rotatable bonds is 11. The highest BCUT2D eigenvalue weighted by Gasteiger charge is 2.23. The van der Waals surface area contributed by atoms with Crippen molar-refractivity contribution in [3.8, 4) is 28.4 Å². The van der Waals surface area contributed by atoms with E-state index < -0.39 is 0 Å². The maximum absolute atomic E-state index is 6.26. The second-order valence-electron chi connectivity index (χ2n) is 10.8. The fourth-order valence-electron chi connectivity index (χ4n) is 5.46. The molecule has 6 heteroatoms. The number of aryl methyl sites for hydroxylation is 1. The van der Waals surface area contributed by atoms with Gasteiger partial charge in [-0.25, -0.2) is 0 Å². The number of hydrogen-bond donors (Lipinski definition) is 1. The lowest BCUT2D eigenvalue weighted by Crippen LogP contribution is -2.09. The molecule has 0 amide bonds. The number of nitrogens with one attached hydrogen (secondary N) is 1. The van der Waals surface area contributed by atoms with Crippen LogP contribution in [-0.2, 0) is 13.0 Å². The van der Waals surface area contributed by atoms with Crippen LogP contribution in [0.3, 0.4) is 0 Å². The van der Waals surface area contributed by atoms with E-state index in [1.54, 1.807) is 0 Å². The zero-order chi connectivity index (χ0) is 29.6. The molecule has 43 heavy (non-hydrogen) atoms. The molecule has 6 rings (SSSR count). The Bertz CT molecular complexity index is 1670. The van der Waals surface area contributed by atoms with Crippen LogP contribution in [0.2, 0.25) is 10.0 Å². The predicted octanol–water partition coefficient (Wildman–Crippen LogP) is 9.76. The number of anilines is 1. The van der Waals surface area contributed by atoms with Gasteiger partial charge in [0.1, 0.15) is 31.3 Å². The molecular weight excluding hydrogens is 577 g/mol. The molecule has 218 valence electrons. The van der Waals surface area contributed by atoms with Crippen LogP contribution in [0.4, 0.5) is 5.69 Å². The van der Waals surface area contributed by atoms with Crippen molar-refractivity contribution in [2.24, 2.45) is 0 Å². The van der Waals surface area contributed by atoms with Crippen molar-refractivity contribution in [3.63, 3.8) is 0 Å². The fraction of sp³-hybridized carbons (Fsp3) is 0.189. The molecule has 1 atom stereocenters. The summed E-state index contributed by atoms with van der Waals surface area (Å²) in [4.78, 5) is 0. The average molecular weight is 611 g/mol. The van der Waals surface area contributed by atoms with Crippen LogP contribution in [0.5, 0.6) is 17.2 Å². The Morgan fingerprint density at radius 2 is 1.44 bits per heavy atom. The van der Waals surface area contributed by atoms with Gasteiger partial charge in [0.15, 0.2) is 5.75 Å². The van der Waals surface area contributed by atoms with E-state index in [0.29, 0.717) is 41.5 Å². The Hall–Kier alpha value is -4.12. The molecule has 1 heterocycles. The van der Waals surface area contributed by atoms with E-state index >= 15 is 0 Å². The number of ether oxygens (including phenoxy) is 3. The standard InChI is InChI=1S/C37H33Cl2NO3/c1-25-19-33(38)37(34(39)20-25)42-18-17-41-30-14-11-26(12-15-30)21-29-23-40-35-22-28(13-16-31(29)35)32-9-5-6-10-36(32)43-24-27-7-3-2-4-8-27/h2-16,19-20,22,29,40H,17-18,21,23-24H2,1H3. The second kappa shape index (κ2) is 13.5. The van der Waals surface area contributed by atoms with Crippen LogP contribution in [0.15, 0.2) is 109 Å². The Balaban J connectivity index is 1.04. The third-order valence-electron chi connectivity index (χ3n) is 7.61. The van der Waals surface area contributed by atoms with Crippen LogP contribution in [0, 0.1) is 6.92 Å². The summed E-state index contributed by atoms with van der Waals surface area (Å²) in [5, 5.41) is 4.64. The van der Waals surface area contributed by atoms with E-state index in [-0.39, 0.29) is 0 Å². The Morgan fingerprint density at radius 3 is 2.23 bits per heavy atom. The van der Waals surface area contributed by atoms with Crippen LogP contribution in [0.1, 0.15) is 28.2 Å². The van der Waals surface area contributed by atoms with Crippen molar-refractivity contribution < 1.29 is 14.2 Å². The van der Waals surface area contributed by atoms with Crippen molar-refractivity contribution >= 4 is 28.9 Å². The summed E-state index contributed by atoms with van der Waals surface area (Å²) in [6, 6.07) is 37.2. The second-order valence-corrected chi connectivity index (χ2v) is 11.6. The molecule has 0 saturated carbocycles. The summed E-state index contributed by atoms with van der Waals surface area (Å²) in [5.41, 5.74) is 8.19. The van der Waals surface area contributed by atoms with Gasteiger partial charge in [0.2, 0.25) is 0 Å². The largest absolute Gasteiger partial charge is 0.490 e. The van der Waals surface area contributed by atoms with Crippen LogP contribution < -0.4 is 19.5 Å². The van der Waals surface area contributed by atoms with Crippen LogP contribution in [-0.4, -0.2) is 19.8 Å². The van der Waals surface area contributed by atoms with Crippen molar-refractivity contribution in [2.45, 2.75) is 25.9 Å². The van der Waals surface area contributed by atoms with Gasteiger partial charge in [0, 0.05) is 23.7 Å². The Kier molecular flexibility index (Phi) is 9.07. The van der Waals surface area contributed by atoms with E-state index in [0.717, 1.165) is 46.7 Å². The Labute approximate surface area is 263 Å². The minimum atomic E-state index is 0.348. The first kappa shape index (κ1) is 29.0. The van der Waals surface area contributed by atoms with Gasteiger partial charge in [-0.3, -0.25) is 0 Å². The Morgan fingerprint density at radius 1 is 0.721 bits per heavy atom. The third kappa shape index (κ3) is 7.10. The van der Waals surface area contributed by atoms with E-state index in [9.17, 15) is 0 Å². The molecule has 1 aliphatic heterocycles. The van der Waals surface area contributed by atoms with Crippen LogP contribution in [0.25, 0.3) is 11.1 Å². The van der Waals surface area contributed by atoms with Crippen molar-refractivity contribution in [3.05, 3.63) is 141 Å². The zero-order valence-electron chi connectivity index (χ0n) is 24.0. The molecule has 0 aliphatic carbocycles. The summed E-state index contributed by atoms with van der Waals surface area (Å²) in [6.07, 6.45) is 0.948. The number of para-hydroxylation sites is 1. The highest BCUT2D eigenvalue weighted by Crippen LogP contribution is 2.39. The van der Waals surface area contributed by atoms with Crippen molar-refractivity contribution in [1.82, 2.24) is 0 Å². The van der Waals surface area contributed by atoms with Gasteiger partial charge in [-0.05, 0) is 77.6 Å². The molecule has 0 radical (unpaired) electrons. The number of fused-ring (bicyclic) bond motifs is 1. The van der Waals surface area contributed by atoms with Gasteiger partial charge >= 0.3 is 0 Å². The molecule has 0 saturated heterocycles. The first-order chi connectivity index (χ1) is 21.0. The average Bonchev–Trinajstić information content (AvgIpc) is 3.42. The molecule has 0 aromatic heterocycles. The summed E-state index contributed by atoms with van der Waals surface area (Å²) >= 11 is 12.5. The summed E-state index contributed by atoms with van der Waals surface area (Å²) in [7, 11) is 0. The van der Waals surface area contributed by atoms with E-state index in [4.69, 9.17) is 37.4 Å². The summed E-state index contributed by atoms with van der Waals surface area (Å²) < 4.78 is 17.9. The van der Waals surface area contributed by atoms with Gasteiger partial charge in [-0.2, -0.15) is 0 Å². The van der Waals surface area contributed by atoms with Gasteiger partial charge in [0.05, 0.1) is 10.0 Å². The highest BCUT2D eigenvalue weighted by atomic mass is 35.5. The molecular formula is C37H33Cl2NO3. The van der Waals surface area contributed by atoms with E-state index in [1.165, 1.54) is 16.8 Å². The van der Waals surface area contributed by atoms with Gasteiger partial charge in [-0.1, -0.05) is 96.0 Å². The summed E-state index contributed by atoms with van der Waals surface area (Å²) in [6.45, 7) is 4.13. The maximum atomic E-state index is 6.26. The lowest BCUT2D eigenvalue weighted by Gasteiger charge is -2.14. The van der Waals surface area contributed by atoms with Crippen molar-refractivity contribution in [1.29, 1.82) is 0 Å². The van der Waals surface area contributed by atoms with Gasteiger partial charge in [0.25, 0.3) is 0 Å². The molecule has 1 N–H and O–H groups in total. The zero-order valence-corrected chi connectivity index (χ0v) is 25.5. The van der Waals surface area contributed by atoms with E-state index in [1.807, 2.05) is 61.5 Å². The maximum Gasteiger partial charge on any atom is 0.156 e. The number of benzene rings is 5. The normalized spacial score (nSPS) is 13.7. The summed E-state index contributed by atoms with van der Waals surface area (Å²) in [5.74, 6) is 2.58. The van der Waals surface area contributed by atoms with Crippen LogP contribution >= 0.6 is 23.2 Å². The molecule has 5 aromatic rings. The molecule has 5 aromatic carbocycles. The van der Waals surface area contributed by atoms with Crippen molar-refractivity contribution in [2.75, 3.05) is 25.1 Å². The molecule has 0 spiro atoms. The molecule has 1 aliphatic rings. The molecule has 0 fully saturated rings. The minimum Gasteiger partial charge on any atom is -0.490 e. The smallest absolute Gasteiger partial charge is 0.156 e. The highest BCUT2D eigenvalue weighted by molar-refractivity contribution is 6.37. The lowest BCUT2D eigenvalue weighted by molar-refractivity contribution is 0.217. The van der Waals surface area contributed by atoms with E-state index in [2.05, 4.69) is 59.9 Å². The molecule has 0 bridgehead atoms. The minimum absolute atomic E-state index is 0.348. The first-order valence-corrected chi connectivity index (χ1v) is 15.2. The monoisotopic (exact) mass is 609 g/mol. The first-order valence-electron chi connectivity index (χ1n) is 14.5. The van der Waals surface area contributed by atoms with Gasteiger partial charge in [-0.15, -0.1) is 0 Å². The quantitative estimate of drug-likeness (QED) is 0.151. The number of halogens is 2. The molecule has 4 nitrogen and oxygen atoms in total. The number of hydrogen-bond acceptors (Lipinski definition) is 4. The topological polar surface area (TPSA) is 39.7 Å². The SMILES string of the molecule is Cc1cc(Cl)c(OCCOc2ccc(CC3CNc4cc(-c5ccccc5OCc5ccccc5)ccc43)cc2)c(Cl)c1. The lowest BCUT2D eigenvalue weighted by atomic mass is 9.92. The fourth-order valence-corrected chi connectivity index (χ4v) is 6.16. The third-order valence-corrected chi connectivity index (χ3v) is 8.18. The van der Waals surface area contributed by atoms with Gasteiger partial charge < -0.3 is 19.5 Å². The predicted molar refractivity (Wildman–Crippen MR) is 176 cm³/mol. The molecule has 1 unspecified atom stereocenters.